The third kappa shape index (κ3) is 4.26. The van der Waals surface area contributed by atoms with Crippen LogP contribution in [0.5, 0.6) is 5.75 Å². The number of para-hydroxylation sites is 1. The molecule has 0 radical (unpaired) electrons. The van der Waals surface area contributed by atoms with Gasteiger partial charge in [0, 0.05) is 13.0 Å². The number of hydrogen-bond acceptors (Lipinski definition) is 8. The largest absolute Gasteiger partial charge is 0.507 e. The molecule has 0 aliphatic carbocycles. The number of phenols is 1. The second-order valence-corrected chi connectivity index (χ2v) is 8.34. The summed E-state index contributed by atoms with van der Waals surface area (Å²) in [6.45, 7) is -0.277. The molecule has 1 saturated heterocycles. The number of nitrogens with zero attached hydrogens (tertiary/aromatic N) is 3. The molecule has 31 heavy (non-hydrogen) atoms. The topological polar surface area (TPSA) is 176 Å². The van der Waals surface area contributed by atoms with Crippen LogP contribution in [0.2, 0.25) is 0 Å². The van der Waals surface area contributed by atoms with E-state index in [9.17, 15) is 22.7 Å². The minimum Gasteiger partial charge on any atom is -0.507 e. The van der Waals surface area contributed by atoms with Crippen LogP contribution in [0.4, 0.5) is 10.2 Å². The minimum absolute atomic E-state index is 0.0825. The fourth-order valence-electron chi connectivity index (χ4n) is 3.27. The number of benzene rings is 1. The average molecular weight is 452 g/mol. The number of H-pyrrole nitrogens is 1. The summed E-state index contributed by atoms with van der Waals surface area (Å²) in [7, 11) is -4.28. The Morgan fingerprint density at radius 3 is 2.94 bits per heavy atom. The summed E-state index contributed by atoms with van der Waals surface area (Å²) in [5, 5.41) is 9.66. The van der Waals surface area contributed by atoms with Gasteiger partial charge in [0.05, 0.1) is 11.7 Å². The number of rotatable bonds is 6. The molecule has 3 heterocycles. The SMILES string of the molecule is Nc1ncnc2c1[nH]c[n+]2[C@@H]1O[C@H](CNS(=O)(=O)NC(=O)c2ccccc2O)C[C@H]1F. The first-order chi connectivity index (χ1) is 14.7. The Labute approximate surface area is 175 Å². The number of nitrogens with two attached hydrogens (primary N) is 1. The summed E-state index contributed by atoms with van der Waals surface area (Å²) in [6.07, 6.45) is -0.678. The lowest BCUT2D eigenvalue weighted by molar-refractivity contribution is -0.743. The van der Waals surface area contributed by atoms with E-state index >= 15 is 0 Å². The summed E-state index contributed by atoms with van der Waals surface area (Å²) in [4.78, 5) is 22.9. The normalized spacial score (nSPS) is 21.4. The number of ether oxygens (including phenoxy) is 1. The van der Waals surface area contributed by atoms with Gasteiger partial charge in [-0.2, -0.15) is 18.1 Å². The molecule has 1 aliphatic rings. The van der Waals surface area contributed by atoms with Gasteiger partial charge in [-0.3, -0.25) is 9.78 Å². The Morgan fingerprint density at radius 2 is 2.16 bits per heavy atom. The highest BCUT2D eigenvalue weighted by Crippen LogP contribution is 2.28. The highest BCUT2D eigenvalue weighted by atomic mass is 32.2. The zero-order valence-corrected chi connectivity index (χ0v) is 16.7. The highest BCUT2D eigenvalue weighted by Gasteiger charge is 2.41. The number of halogens is 1. The second-order valence-electron chi connectivity index (χ2n) is 6.84. The molecule has 1 amide bonds. The molecule has 0 saturated carbocycles. The van der Waals surface area contributed by atoms with E-state index in [2.05, 4.69) is 19.7 Å². The van der Waals surface area contributed by atoms with Crippen molar-refractivity contribution in [3.05, 3.63) is 42.5 Å². The molecule has 1 aromatic carbocycles. The molecule has 0 spiro atoms. The van der Waals surface area contributed by atoms with Crippen LogP contribution in [0, 0.1) is 0 Å². The highest BCUT2D eigenvalue weighted by molar-refractivity contribution is 7.88. The van der Waals surface area contributed by atoms with E-state index in [4.69, 9.17) is 10.5 Å². The fraction of sp³-hybridized carbons (Fsp3) is 0.294. The number of imidazole rings is 1. The van der Waals surface area contributed by atoms with Crippen molar-refractivity contribution < 1.29 is 32.0 Å². The van der Waals surface area contributed by atoms with Crippen molar-refractivity contribution in [3.63, 3.8) is 0 Å². The van der Waals surface area contributed by atoms with E-state index in [1.54, 1.807) is 4.72 Å². The Balaban J connectivity index is 1.40. The predicted molar refractivity (Wildman–Crippen MR) is 104 cm³/mol. The number of aromatic hydroxyl groups is 1. The van der Waals surface area contributed by atoms with Crippen LogP contribution in [0.1, 0.15) is 23.0 Å². The summed E-state index contributed by atoms with van der Waals surface area (Å²) in [6, 6.07) is 5.49. The first kappa shape index (κ1) is 20.9. The van der Waals surface area contributed by atoms with Crippen molar-refractivity contribution in [2.75, 3.05) is 12.3 Å². The monoisotopic (exact) mass is 452 g/mol. The zero-order chi connectivity index (χ0) is 22.2. The van der Waals surface area contributed by atoms with E-state index in [-0.39, 0.29) is 30.1 Å². The number of anilines is 1. The zero-order valence-electron chi connectivity index (χ0n) is 15.9. The number of aromatic nitrogens is 4. The standard InChI is InChI=1S/C17H18FN7O5S/c18-11-5-9(30-17(11)25-8-22-13-14(19)20-7-21-15(13)25)6-23-31(28,29)24-16(27)10-3-1-2-4-12(10)26/h1-4,7-9,11,17,23H,5-6H2,(H4,19,20,21,24,26,27)/p+1/t9-,11+,17+/m0/s1. The molecule has 0 unspecified atom stereocenters. The van der Waals surface area contributed by atoms with E-state index in [0.717, 1.165) is 0 Å². The molecule has 12 nitrogen and oxygen atoms in total. The van der Waals surface area contributed by atoms with Crippen molar-refractivity contribution in [1.29, 1.82) is 0 Å². The molecular formula is C17H19FN7O5S+. The molecule has 2 aromatic heterocycles. The van der Waals surface area contributed by atoms with E-state index in [1.807, 2.05) is 0 Å². The van der Waals surface area contributed by atoms with Gasteiger partial charge in [-0.15, -0.1) is 0 Å². The fourth-order valence-corrected chi connectivity index (χ4v) is 4.10. The van der Waals surface area contributed by atoms with E-state index < -0.39 is 34.6 Å². The molecule has 1 aliphatic heterocycles. The van der Waals surface area contributed by atoms with Crippen LogP contribution in [0.3, 0.4) is 0 Å². The summed E-state index contributed by atoms with van der Waals surface area (Å²) in [5.41, 5.74) is 6.33. The number of nitrogen functional groups attached to an aromatic ring is 1. The number of aromatic amines is 1. The average Bonchev–Trinajstić information content (AvgIpc) is 3.30. The Hall–Kier alpha value is -3.36. The van der Waals surface area contributed by atoms with Gasteiger partial charge >= 0.3 is 15.9 Å². The number of carbonyl (C=O) groups is 1. The van der Waals surface area contributed by atoms with Crippen LogP contribution in [0.25, 0.3) is 11.2 Å². The van der Waals surface area contributed by atoms with Gasteiger partial charge in [-0.1, -0.05) is 17.1 Å². The maximum Gasteiger partial charge on any atom is 0.309 e. The molecule has 3 atom stereocenters. The van der Waals surface area contributed by atoms with Crippen LogP contribution >= 0.6 is 0 Å². The summed E-state index contributed by atoms with van der Waals surface area (Å²) < 4.78 is 50.0. The number of phenolic OH excluding ortho intramolecular Hbond substituents is 1. The first-order valence-electron chi connectivity index (χ1n) is 9.13. The smallest absolute Gasteiger partial charge is 0.309 e. The lowest BCUT2D eigenvalue weighted by atomic mass is 10.2. The van der Waals surface area contributed by atoms with Crippen molar-refractivity contribution in [2.45, 2.75) is 24.9 Å². The molecule has 0 bridgehead atoms. The van der Waals surface area contributed by atoms with Crippen molar-refractivity contribution in [1.82, 2.24) is 24.4 Å². The van der Waals surface area contributed by atoms with Gasteiger partial charge in [-0.25, -0.2) is 13.7 Å². The van der Waals surface area contributed by atoms with Crippen LogP contribution in [-0.4, -0.2) is 53.2 Å². The summed E-state index contributed by atoms with van der Waals surface area (Å²) >= 11 is 0. The Bertz CT molecular complexity index is 1230. The van der Waals surface area contributed by atoms with Crippen molar-refractivity contribution in [3.8, 4) is 5.75 Å². The maximum atomic E-state index is 14.6. The molecule has 3 aromatic rings. The molecule has 6 N–H and O–H groups in total. The van der Waals surface area contributed by atoms with E-state index in [0.29, 0.717) is 11.2 Å². The van der Waals surface area contributed by atoms with Crippen LogP contribution in [-0.2, 0) is 14.9 Å². The van der Waals surface area contributed by atoms with E-state index in [1.165, 1.54) is 41.5 Å². The molecule has 4 rings (SSSR count). The van der Waals surface area contributed by atoms with Gasteiger partial charge in [0.1, 0.15) is 5.75 Å². The van der Waals surface area contributed by atoms with Gasteiger partial charge in [0.15, 0.2) is 24.6 Å². The van der Waals surface area contributed by atoms with Crippen LogP contribution < -0.4 is 19.7 Å². The number of amides is 1. The van der Waals surface area contributed by atoms with Gasteiger partial charge < -0.3 is 15.6 Å². The predicted octanol–water partition coefficient (Wildman–Crippen LogP) is -0.577. The number of fused-ring (bicyclic) bond motifs is 1. The van der Waals surface area contributed by atoms with Gasteiger partial charge in [0.25, 0.3) is 5.91 Å². The van der Waals surface area contributed by atoms with Crippen LogP contribution in [0.15, 0.2) is 36.9 Å². The molecule has 1 fully saturated rings. The first-order valence-corrected chi connectivity index (χ1v) is 10.6. The molecule has 164 valence electrons. The molecular weight excluding hydrogens is 433 g/mol. The lowest BCUT2D eigenvalue weighted by Gasteiger charge is -2.14. The summed E-state index contributed by atoms with van der Waals surface area (Å²) in [5.74, 6) is -1.18. The Morgan fingerprint density at radius 1 is 1.39 bits per heavy atom. The second kappa shape index (κ2) is 8.05. The van der Waals surface area contributed by atoms with Crippen molar-refractivity contribution >= 4 is 33.1 Å². The quantitative estimate of drug-likeness (QED) is 0.309. The Kier molecular flexibility index (Phi) is 5.43. The van der Waals surface area contributed by atoms with Gasteiger partial charge in [-0.05, 0) is 12.1 Å². The number of carbonyl (C=O) groups excluding carboxylic acids is 1. The van der Waals surface area contributed by atoms with Gasteiger partial charge in [0.2, 0.25) is 11.7 Å². The number of alkyl halides is 1. The number of nitrogens with one attached hydrogen (secondary N) is 3. The third-order valence-electron chi connectivity index (χ3n) is 4.73. The molecule has 14 heteroatoms. The third-order valence-corrected chi connectivity index (χ3v) is 5.73. The maximum absolute atomic E-state index is 14.6. The minimum atomic E-state index is -4.28. The van der Waals surface area contributed by atoms with Crippen molar-refractivity contribution in [2.24, 2.45) is 0 Å². The lowest BCUT2D eigenvalue weighted by Crippen LogP contribution is -2.44. The number of hydrogen-bond donors (Lipinski definition) is 5.